The van der Waals surface area contributed by atoms with Crippen LogP contribution in [-0.4, -0.2) is 44.8 Å². The summed E-state index contributed by atoms with van der Waals surface area (Å²) >= 11 is 0. The predicted octanol–water partition coefficient (Wildman–Crippen LogP) is 1.61. The minimum absolute atomic E-state index is 0.143. The summed E-state index contributed by atoms with van der Waals surface area (Å²) in [5, 5.41) is 19.7. The fourth-order valence-electron chi connectivity index (χ4n) is 3.57. The summed E-state index contributed by atoms with van der Waals surface area (Å²) in [6.07, 6.45) is 6.32. The summed E-state index contributed by atoms with van der Waals surface area (Å²) in [4.78, 5) is 21.6. The van der Waals surface area contributed by atoms with E-state index in [4.69, 9.17) is 5.11 Å². The number of piperidine rings is 1. The molecule has 0 amide bonds. The molecular formula is C15H21N3O3. The maximum atomic E-state index is 11.0. The number of carboxylic acids is 1. The van der Waals surface area contributed by atoms with Crippen LogP contribution in [-0.2, 0) is 0 Å². The third-order valence-corrected chi connectivity index (χ3v) is 4.91. The highest BCUT2D eigenvalue weighted by atomic mass is 16.4. The van der Waals surface area contributed by atoms with Gasteiger partial charge in [0, 0.05) is 25.2 Å². The molecule has 0 radical (unpaired) electrons. The van der Waals surface area contributed by atoms with Gasteiger partial charge in [0.1, 0.15) is 0 Å². The lowest BCUT2D eigenvalue weighted by atomic mass is 9.71. The van der Waals surface area contributed by atoms with Crippen LogP contribution in [0.2, 0.25) is 0 Å². The van der Waals surface area contributed by atoms with Crippen molar-refractivity contribution in [1.82, 2.24) is 9.97 Å². The van der Waals surface area contributed by atoms with Gasteiger partial charge in [-0.1, -0.05) is 12.8 Å². The van der Waals surface area contributed by atoms with Crippen molar-refractivity contribution in [2.75, 3.05) is 18.0 Å². The quantitative estimate of drug-likeness (QED) is 0.861. The van der Waals surface area contributed by atoms with Crippen molar-refractivity contribution < 1.29 is 15.0 Å². The number of aryl methyl sites for hydroxylation is 1. The zero-order chi connectivity index (χ0) is 15.0. The van der Waals surface area contributed by atoms with E-state index < -0.39 is 11.6 Å². The summed E-state index contributed by atoms with van der Waals surface area (Å²) in [6.45, 7) is 3.16. The molecule has 1 aliphatic carbocycles. The van der Waals surface area contributed by atoms with Crippen molar-refractivity contribution in [3.8, 4) is 0 Å². The Bertz CT molecular complexity index is 563. The molecule has 3 rings (SSSR count). The van der Waals surface area contributed by atoms with Gasteiger partial charge < -0.3 is 15.1 Å². The fourth-order valence-corrected chi connectivity index (χ4v) is 3.57. The maximum Gasteiger partial charge on any atom is 0.339 e. The number of rotatable bonds is 2. The van der Waals surface area contributed by atoms with E-state index in [1.165, 1.54) is 12.6 Å². The number of hydrogen-bond donors (Lipinski definition) is 2. The van der Waals surface area contributed by atoms with Crippen LogP contribution in [0.5, 0.6) is 0 Å². The van der Waals surface area contributed by atoms with Gasteiger partial charge in [-0.25, -0.2) is 14.8 Å². The van der Waals surface area contributed by atoms with Crippen molar-refractivity contribution in [3.05, 3.63) is 17.5 Å². The zero-order valence-electron chi connectivity index (χ0n) is 12.2. The number of aliphatic hydroxyl groups is 1. The highest BCUT2D eigenvalue weighted by molar-refractivity contribution is 5.88. The van der Waals surface area contributed by atoms with Crippen LogP contribution >= 0.6 is 0 Å². The first-order valence-electron chi connectivity index (χ1n) is 7.54. The van der Waals surface area contributed by atoms with Gasteiger partial charge in [0.2, 0.25) is 5.95 Å². The molecule has 2 unspecified atom stereocenters. The predicted molar refractivity (Wildman–Crippen MR) is 77.5 cm³/mol. The second-order valence-corrected chi connectivity index (χ2v) is 6.22. The van der Waals surface area contributed by atoms with E-state index in [2.05, 4.69) is 14.9 Å². The van der Waals surface area contributed by atoms with Crippen LogP contribution in [0.15, 0.2) is 6.20 Å². The summed E-state index contributed by atoms with van der Waals surface area (Å²) in [7, 11) is 0. The third kappa shape index (κ3) is 2.60. The first-order valence-corrected chi connectivity index (χ1v) is 7.54. The molecule has 0 aromatic carbocycles. The van der Waals surface area contributed by atoms with E-state index in [9.17, 15) is 9.90 Å². The standard InChI is InChI=1S/C15H21N3O3/c1-10-12(13(19)20)8-16-14(17-10)18-7-6-15(21)5-3-2-4-11(15)9-18/h8,11,21H,2-7,9H2,1H3,(H,19,20). The Morgan fingerprint density at radius 2 is 2.24 bits per heavy atom. The van der Waals surface area contributed by atoms with E-state index in [0.29, 0.717) is 11.6 Å². The Labute approximate surface area is 123 Å². The number of anilines is 1. The molecule has 2 aliphatic rings. The van der Waals surface area contributed by atoms with E-state index in [-0.39, 0.29) is 11.5 Å². The minimum Gasteiger partial charge on any atom is -0.478 e. The second kappa shape index (κ2) is 5.26. The zero-order valence-corrected chi connectivity index (χ0v) is 12.2. The molecule has 1 saturated carbocycles. The number of fused-ring (bicyclic) bond motifs is 1. The molecule has 0 spiro atoms. The molecule has 2 N–H and O–H groups in total. The molecule has 2 fully saturated rings. The first-order chi connectivity index (χ1) is 9.99. The van der Waals surface area contributed by atoms with Crippen LogP contribution in [0.25, 0.3) is 0 Å². The van der Waals surface area contributed by atoms with Crippen molar-refractivity contribution in [2.45, 2.75) is 44.6 Å². The molecule has 1 saturated heterocycles. The van der Waals surface area contributed by atoms with E-state index >= 15 is 0 Å². The second-order valence-electron chi connectivity index (χ2n) is 6.22. The smallest absolute Gasteiger partial charge is 0.339 e. The largest absolute Gasteiger partial charge is 0.478 e. The van der Waals surface area contributed by atoms with E-state index in [0.717, 1.165) is 38.8 Å². The molecule has 2 atom stereocenters. The van der Waals surface area contributed by atoms with Gasteiger partial charge in [-0.05, 0) is 26.2 Å². The third-order valence-electron chi connectivity index (χ3n) is 4.91. The number of hydrogen-bond acceptors (Lipinski definition) is 5. The van der Waals surface area contributed by atoms with Crippen LogP contribution in [0.1, 0.15) is 48.2 Å². The molecule has 114 valence electrons. The Morgan fingerprint density at radius 1 is 1.43 bits per heavy atom. The number of aromatic nitrogens is 2. The highest BCUT2D eigenvalue weighted by Crippen LogP contribution is 2.40. The topological polar surface area (TPSA) is 86.5 Å². The van der Waals surface area contributed by atoms with Gasteiger partial charge in [0.15, 0.2) is 0 Å². The first kappa shape index (κ1) is 14.3. The Morgan fingerprint density at radius 3 is 2.95 bits per heavy atom. The molecule has 6 nitrogen and oxygen atoms in total. The van der Waals surface area contributed by atoms with Crippen molar-refractivity contribution in [2.24, 2.45) is 5.92 Å². The lowest BCUT2D eigenvalue weighted by Gasteiger charge is -2.47. The Hall–Kier alpha value is -1.69. The van der Waals surface area contributed by atoms with Crippen LogP contribution in [0, 0.1) is 12.8 Å². The average Bonchev–Trinajstić information content (AvgIpc) is 2.45. The number of aromatic carboxylic acids is 1. The van der Waals surface area contributed by atoms with Crippen molar-refractivity contribution >= 4 is 11.9 Å². The summed E-state index contributed by atoms with van der Waals surface area (Å²) in [5.41, 5.74) is 0.104. The number of nitrogens with zero attached hydrogens (tertiary/aromatic N) is 3. The molecule has 21 heavy (non-hydrogen) atoms. The van der Waals surface area contributed by atoms with Gasteiger partial charge in [0.25, 0.3) is 0 Å². The van der Waals surface area contributed by atoms with E-state index in [1.807, 2.05) is 0 Å². The van der Waals surface area contributed by atoms with Gasteiger partial charge in [-0.3, -0.25) is 0 Å². The normalized spacial score (nSPS) is 29.0. The molecule has 1 aromatic heterocycles. The van der Waals surface area contributed by atoms with Gasteiger partial charge in [-0.15, -0.1) is 0 Å². The van der Waals surface area contributed by atoms with Gasteiger partial charge in [-0.2, -0.15) is 0 Å². The monoisotopic (exact) mass is 291 g/mol. The summed E-state index contributed by atoms with van der Waals surface area (Å²) < 4.78 is 0. The van der Waals surface area contributed by atoms with Gasteiger partial charge >= 0.3 is 5.97 Å². The van der Waals surface area contributed by atoms with Crippen LogP contribution < -0.4 is 4.90 Å². The number of carboxylic acid groups (broad SMARTS) is 1. The van der Waals surface area contributed by atoms with Crippen LogP contribution in [0.3, 0.4) is 0 Å². The summed E-state index contributed by atoms with van der Waals surface area (Å²) in [5.74, 6) is -0.160. The molecule has 1 aromatic rings. The number of carbonyl (C=O) groups is 1. The lowest BCUT2D eigenvalue weighted by molar-refractivity contribution is -0.0614. The lowest BCUT2D eigenvalue weighted by Crippen LogP contribution is -2.53. The van der Waals surface area contributed by atoms with Gasteiger partial charge in [0.05, 0.1) is 16.9 Å². The molecule has 2 heterocycles. The van der Waals surface area contributed by atoms with E-state index in [1.54, 1.807) is 6.92 Å². The van der Waals surface area contributed by atoms with Crippen molar-refractivity contribution in [1.29, 1.82) is 0 Å². The SMILES string of the molecule is Cc1nc(N2CCC3(O)CCCCC3C2)ncc1C(=O)O. The highest BCUT2D eigenvalue weighted by Gasteiger charge is 2.43. The summed E-state index contributed by atoms with van der Waals surface area (Å²) in [6, 6.07) is 0. The Kier molecular flexibility index (Phi) is 3.57. The van der Waals surface area contributed by atoms with Crippen LogP contribution in [0.4, 0.5) is 5.95 Å². The van der Waals surface area contributed by atoms with Crippen molar-refractivity contribution in [3.63, 3.8) is 0 Å². The molecular weight excluding hydrogens is 270 g/mol. The Balaban J connectivity index is 1.79. The minimum atomic E-state index is -1.00. The fraction of sp³-hybridized carbons (Fsp3) is 0.667. The molecule has 0 bridgehead atoms. The maximum absolute atomic E-state index is 11.0. The molecule has 6 heteroatoms. The molecule has 1 aliphatic heterocycles. The average molecular weight is 291 g/mol.